The second-order valence-electron chi connectivity index (χ2n) is 4.66. The highest BCUT2D eigenvalue weighted by atomic mass is 35.5. The molecule has 1 aliphatic rings. The van der Waals surface area contributed by atoms with Crippen LogP contribution in [0.2, 0.25) is 5.02 Å². The number of hydrogen-bond acceptors (Lipinski definition) is 4. The molecule has 1 unspecified atom stereocenters. The predicted molar refractivity (Wildman–Crippen MR) is 83.0 cm³/mol. The third-order valence-electron chi connectivity index (χ3n) is 3.14. The molecular formula is C14H12ClN3O2S. The maximum atomic E-state index is 12.1. The summed E-state index contributed by atoms with van der Waals surface area (Å²) in [7, 11) is 0. The Balaban J connectivity index is 1.71. The van der Waals surface area contributed by atoms with Gasteiger partial charge in [-0.15, -0.1) is 0 Å². The molecule has 0 aliphatic carbocycles. The molecule has 1 aromatic heterocycles. The van der Waals surface area contributed by atoms with Crippen LogP contribution < -0.4 is 10.9 Å². The summed E-state index contributed by atoms with van der Waals surface area (Å²) < 4.78 is 1.59. The first-order valence-corrected chi connectivity index (χ1v) is 7.75. The Morgan fingerprint density at radius 3 is 3.14 bits per heavy atom. The molecule has 0 bridgehead atoms. The second-order valence-corrected chi connectivity index (χ2v) is 6.09. The van der Waals surface area contributed by atoms with E-state index in [2.05, 4.69) is 10.3 Å². The smallest absolute Gasteiger partial charge is 0.254 e. The summed E-state index contributed by atoms with van der Waals surface area (Å²) in [5.41, 5.74) is 0.530. The third kappa shape index (κ3) is 3.11. The molecule has 2 heterocycles. The molecule has 108 valence electrons. The first-order valence-electron chi connectivity index (χ1n) is 6.39. The fourth-order valence-electron chi connectivity index (χ4n) is 2.23. The van der Waals surface area contributed by atoms with Crippen molar-refractivity contribution in [3.63, 3.8) is 0 Å². The summed E-state index contributed by atoms with van der Waals surface area (Å²) in [4.78, 5) is 28.1. The fourth-order valence-corrected chi connectivity index (χ4v) is 3.54. The van der Waals surface area contributed by atoms with Gasteiger partial charge in [0, 0.05) is 35.1 Å². The molecule has 7 heteroatoms. The lowest BCUT2D eigenvalue weighted by molar-refractivity contribution is -0.116. The number of rotatable bonds is 3. The van der Waals surface area contributed by atoms with Gasteiger partial charge in [0.1, 0.15) is 0 Å². The van der Waals surface area contributed by atoms with Gasteiger partial charge in [-0.3, -0.25) is 14.2 Å². The van der Waals surface area contributed by atoms with Crippen LogP contribution in [0.1, 0.15) is 12.5 Å². The molecule has 3 rings (SSSR count). The Morgan fingerprint density at radius 2 is 2.33 bits per heavy atom. The lowest BCUT2D eigenvalue weighted by Gasteiger charge is -2.12. The molecule has 1 aromatic carbocycles. The van der Waals surface area contributed by atoms with E-state index in [1.54, 1.807) is 28.8 Å². The van der Waals surface area contributed by atoms with Gasteiger partial charge in [-0.25, -0.2) is 4.98 Å². The Morgan fingerprint density at radius 1 is 1.48 bits per heavy atom. The first kappa shape index (κ1) is 14.2. The molecule has 0 saturated carbocycles. The van der Waals surface area contributed by atoms with Crippen molar-refractivity contribution < 1.29 is 4.79 Å². The minimum absolute atomic E-state index is 0.120. The Kier molecular flexibility index (Phi) is 3.98. The van der Waals surface area contributed by atoms with Crippen LogP contribution in [0, 0.1) is 0 Å². The van der Waals surface area contributed by atoms with Crippen molar-refractivity contribution in [2.45, 2.75) is 17.6 Å². The zero-order valence-electron chi connectivity index (χ0n) is 11.0. The van der Waals surface area contributed by atoms with Gasteiger partial charge < -0.3 is 5.32 Å². The molecule has 5 nitrogen and oxygen atoms in total. The molecule has 2 aromatic rings. The zero-order chi connectivity index (χ0) is 14.8. The topological polar surface area (TPSA) is 64.0 Å². The van der Waals surface area contributed by atoms with E-state index in [9.17, 15) is 9.59 Å². The van der Waals surface area contributed by atoms with E-state index in [0.29, 0.717) is 21.6 Å². The summed E-state index contributed by atoms with van der Waals surface area (Å²) in [5, 5.41) is 4.03. The lowest BCUT2D eigenvalue weighted by atomic mass is 10.2. The maximum Gasteiger partial charge on any atom is 0.254 e. The van der Waals surface area contributed by atoms with E-state index in [1.165, 1.54) is 24.0 Å². The fraction of sp³-hybridized carbons (Fsp3) is 0.214. The monoisotopic (exact) mass is 321 g/mol. The average molecular weight is 322 g/mol. The van der Waals surface area contributed by atoms with E-state index in [4.69, 9.17) is 11.6 Å². The maximum absolute atomic E-state index is 12.1. The molecule has 0 radical (unpaired) electrons. The van der Waals surface area contributed by atoms with E-state index in [-0.39, 0.29) is 23.9 Å². The number of thioether (sulfide) groups is 1. The summed E-state index contributed by atoms with van der Waals surface area (Å²) in [6.07, 6.45) is 1.73. The van der Waals surface area contributed by atoms with Crippen molar-refractivity contribution >= 4 is 35.0 Å². The summed E-state index contributed by atoms with van der Waals surface area (Å²) in [5.74, 6) is 0.529. The number of carbonyl (C=O) groups excluding carboxylic acids is 1. The number of halogens is 1. The van der Waals surface area contributed by atoms with Gasteiger partial charge in [-0.1, -0.05) is 29.4 Å². The van der Waals surface area contributed by atoms with Crippen LogP contribution in [0.15, 0.2) is 46.5 Å². The van der Waals surface area contributed by atoms with Crippen LogP contribution in [-0.2, 0) is 4.79 Å². The van der Waals surface area contributed by atoms with Crippen LogP contribution >= 0.6 is 23.4 Å². The molecule has 0 saturated heterocycles. The Labute approximate surface area is 130 Å². The Bertz CT molecular complexity index is 747. The molecule has 21 heavy (non-hydrogen) atoms. The number of carbonyl (C=O) groups is 1. The van der Waals surface area contributed by atoms with Crippen molar-refractivity contribution in [3.8, 4) is 0 Å². The van der Waals surface area contributed by atoms with Gasteiger partial charge in [0.15, 0.2) is 5.16 Å². The van der Waals surface area contributed by atoms with E-state index in [0.717, 1.165) is 0 Å². The first-order chi connectivity index (χ1) is 10.1. The highest BCUT2D eigenvalue weighted by Gasteiger charge is 2.26. The van der Waals surface area contributed by atoms with Crippen LogP contribution in [-0.4, -0.2) is 21.2 Å². The molecule has 0 fully saturated rings. The van der Waals surface area contributed by atoms with Crippen LogP contribution in [0.5, 0.6) is 0 Å². The second kappa shape index (κ2) is 5.91. The quantitative estimate of drug-likeness (QED) is 0.882. The van der Waals surface area contributed by atoms with Gasteiger partial charge in [-0.2, -0.15) is 0 Å². The highest BCUT2D eigenvalue weighted by Crippen LogP contribution is 2.31. The average Bonchev–Trinajstić information content (AvgIpc) is 2.83. The van der Waals surface area contributed by atoms with Crippen molar-refractivity contribution in [2.75, 3.05) is 11.1 Å². The van der Waals surface area contributed by atoms with Gasteiger partial charge >= 0.3 is 0 Å². The lowest BCUT2D eigenvalue weighted by Crippen LogP contribution is -2.26. The van der Waals surface area contributed by atoms with Gasteiger partial charge in [0.25, 0.3) is 5.56 Å². The van der Waals surface area contributed by atoms with Crippen LogP contribution in [0.4, 0.5) is 5.69 Å². The number of amides is 1. The van der Waals surface area contributed by atoms with Gasteiger partial charge in [0.2, 0.25) is 5.91 Å². The van der Waals surface area contributed by atoms with Crippen molar-refractivity contribution in [2.24, 2.45) is 0 Å². The number of hydrogen-bond donors (Lipinski definition) is 1. The Hall–Kier alpha value is -1.79. The molecule has 1 N–H and O–H groups in total. The van der Waals surface area contributed by atoms with Crippen molar-refractivity contribution in [3.05, 3.63) is 51.9 Å². The minimum Gasteiger partial charge on any atom is -0.326 e. The molecular weight excluding hydrogens is 310 g/mol. The number of anilines is 1. The SMILES string of the molecule is O=C(CC1CSc2nccc(=O)n21)Nc1cccc(Cl)c1. The molecule has 1 aliphatic heterocycles. The molecule has 1 amide bonds. The number of nitrogens with one attached hydrogen (secondary N) is 1. The predicted octanol–water partition coefficient (Wildman–Crippen LogP) is 2.57. The zero-order valence-corrected chi connectivity index (χ0v) is 12.5. The standard InChI is InChI=1S/C14H12ClN3O2S/c15-9-2-1-3-10(6-9)17-12(19)7-11-8-21-14-16-5-4-13(20)18(11)14/h1-6,11H,7-8H2,(H,17,19). The molecule has 1 atom stereocenters. The van der Waals surface area contributed by atoms with Gasteiger partial charge in [-0.05, 0) is 18.2 Å². The third-order valence-corrected chi connectivity index (χ3v) is 4.49. The summed E-state index contributed by atoms with van der Waals surface area (Å²) in [6.45, 7) is 0. The number of fused-ring (bicyclic) bond motifs is 1. The summed E-state index contributed by atoms with van der Waals surface area (Å²) >= 11 is 7.37. The highest BCUT2D eigenvalue weighted by molar-refractivity contribution is 7.99. The van der Waals surface area contributed by atoms with Crippen molar-refractivity contribution in [1.82, 2.24) is 9.55 Å². The van der Waals surface area contributed by atoms with Crippen LogP contribution in [0.25, 0.3) is 0 Å². The summed E-state index contributed by atoms with van der Waals surface area (Å²) in [6, 6.07) is 8.22. The van der Waals surface area contributed by atoms with Crippen molar-refractivity contribution in [1.29, 1.82) is 0 Å². The van der Waals surface area contributed by atoms with Gasteiger partial charge in [0.05, 0.1) is 6.04 Å². The van der Waals surface area contributed by atoms with Crippen LogP contribution in [0.3, 0.4) is 0 Å². The van der Waals surface area contributed by atoms with E-state index >= 15 is 0 Å². The van der Waals surface area contributed by atoms with E-state index < -0.39 is 0 Å². The largest absolute Gasteiger partial charge is 0.326 e. The molecule has 0 spiro atoms. The number of aromatic nitrogens is 2. The number of benzene rings is 1. The minimum atomic E-state index is -0.162. The van der Waals surface area contributed by atoms with E-state index in [1.807, 2.05) is 0 Å². The number of nitrogens with zero attached hydrogens (tertiary/aromatic N) is 2. The normalized spacial score (nSPS) is 16.5.